The van der Waals surface area contributed by atoms with Gasteiger partial charge in [0, 0.05) is 24.4 Å². The Morgan fingerprint density at radius 1 is 1.17 bits per heavy atom. The summed E-state index contributed by atoms with van der Waals surface area (Å²) in [6.07, 6.45) is 8.22. The molecule has 5 aliphatic rings. The largest absolute Gasteiger partial charge is 0.392 e. The number of ether oxygens (including phenoxy) is 2. The van der Waals surface area contributed by atoms with Gasteiger partial charge in [0.2, 0.25) is 0 Å². The fourth-order valence-corrected chi connectivity index (χ4v) is 9.28. The molecule has 5 rings (SSSR count). The Bertz CT molecular complexity index is 961. The van der Waals surface area contributed by atoms with Crippen molar-refractivity contribution in [2.24, 2.45) is 45.8 Å². The van der Waals surface area contributed by atoms with Gasteiger partial charge in [-0.05, 0) is 80.6 Å². The van der Waals surface area contributed by atoms with Crippen molar-refractivity contribution in [3.63, 3.8) is 0 Å². The molecule has 2 saturated carbocycles. The molecule has 11 atom stereocenters. The van der Waals surface area contributed by atoms with Crippen molar-refractivity contribution in [2.75, 3.05) is 7.11 Å². The minimum atomic E-state index is -1.25. The van der Waals surface area contributed by atoms with Gasteiger partial charge in [-0.25, -0.2) is 0 Å². The number of carbonyl (C=O) groups excluding carboxylic acids is 1. The van der Waals surface area contributed by atoms with Crippen molar-refractivity contribution < 1.29 is 29.6 Å². The van der Waals surface area contributed by atoms with Crippen molar-refractivity contribution in [1.82, 2.24) is 0 Å². The second-order valence-corrected chi connectivity index (χ2v) is 14.0. The van der Waals surface area contributed by atoms with Crippen molar-refractivity contribution in [1.29, 1.82) is 0 Å². The molecule has 1 aliphatic heterocycles. The summed E-state index contributed by atoms with van der Waals surface area (Å²) in [5.41, 5.74) is -0.532. The van der Waals surface area contributed by atoms with Gasteiger partial charge in [0.05, 0.1) is 17.8 Å². The highest BCUT2D eigenvalue weighted by molar-refractivity contribution is 5.95. The molecule has 0 bridgehead atoms. The topological polar surface area (TPSA) is 96.2 Å². The fraction of sp³-hybridized carbons (Fsp3) is 0.833. The van der Waals surface area contributed by atoms with Crippen LogP contribution in [0.15, 0.2) is 23.8 Å². The molecule has 0 amide bonds. The van der Waals surface area contributed by atoms with E-state index in [1.165, 1.54) is 5.57 Å². The van der Waals surface area contributed by atoms with E-state index in [9.17, 15) is 20.1 Å². The van der Waals surface area contributed by atoms with E-state index in [1.54, 1.807) is 27.0 Å². The van der Waals surface area contributed by atoms with Crippen LogP contribution in [-0.4, -0.2) is 58.4 Å². The lowest BCUT2D eigenvalue weighted by Gasteiger charge is -2.61. The van der Waals surface area contributed by atoms with Gasteiger partial charge in [-0.1, -0.05) is 45.4 Å². The van der Waals surface area contributed by atoms with E-state index >= 15 is 0 Å². The van der Waals surface area contributed by atoms with E-state index in [0.717, 1.165) is 19.3 Å². The molecular weight excluding hydrogens is 456 g/mol. The standard InChI is InChI=1S/C30H46O6/c1-27(2)22-15-20(31)24-18-9-8-17(16-14-21(36-26(16)35-7)25(33)28(3,4)34)29(18,5)12-10-19(24)30(22,6)13-11-23(27)32/h9,11,13,16-17,19-22,24-26,31,33-34H,8,10,12,14-15H2,1-7H3/t16-,17+,19+,20-,21-,22+,24+,25-,26+,29+,30-/m1/s1. The minimum Gasteiger partial charge on any atom is -0.392 e. The van der Waals surface area contributed by atoms with E-state index in [4.69, 9.17) is 9.47 Å². The third-order valence-electron chi connectivity index (χ3n) is 11.4. The quantitative estimate of drug-likeness (QED) is 0.503. The van der Waals surface area contributed by atoms with Crippen LogP contribution < -0.4 is 0 Å². The van der Waals surface area contributed by atoms with Crippen LogP contribution in [-0.2, 0) is 14.3 Å². The molecular formula is C30H46O6. The van der Waals surface area contributed by atoms with Crippen LogP contribution in [0, 0.1) is 45.8 Å². The van der Waals surface area contributed by atoms with E-state index in [0.29, 0.717) is 18.8 Å². The zero-order valence-electron chi connectivity index (χ0n) is 23.0. The number of aliphatic hydroxyl groups excluding tert-OH is 2. The Kier molecular flexibility index (Phi) is 6.25. The molecule has 0 unspecified atom stereocenters. The van der Waals surface area contributed by atoms with Gasteiger partial charge in [-0.2, -0.15) is 0 Å². The van der Waals surface area contributed by atoms with Crippen LogP contribution >= 0.6 is 0 Å². The van der Waals surface area contributed by atoms with Gasteiger partial charge in [0.15, 0.2) is 12.1 Å². The monoisotopic (exact) mass is 502 g/mol. The Morgan fingerprint density at radius 2 is 1.86 bits per heavy atom. The number of rotatable bonds is 4. The van der Waals surface area contributed by atoms with Gasteiger partial charge < -0.3 is 24.8 Å². The van der Waals surface area contributed by atoms with Crippen molar-refractivity contribution in [2.45, 2.75) is 104 Å². The molecule has 1 heterocycles. The normalized spacial score (nSPS) is 48.7. The Labute approximate surface area is 216 Å². The van der Waals surface area contributed by atoms with Crippen LogP contribution in [0.3, 0.4) is 0 Å². The number of methoxy groups -OCH3 is 1. The number of fused-ring (bicyclic) bond motifs is 5. The summed E-state index contributed by atoms with van der Waals surface area (Å²) in [4.78, 5) is 12.8. The maximum absolute atomic E-state index is 12.8. The van der Waals surface area contributed by atoms with Gasteiger partial charge in [0.1, 0.15) is 6.10 Å². The summed E-state index contributed by atoms with van der Waals surface area (Å²) < 4.78 is 11.9. The predicted octanol–water partition coefficient (Wildman–Crippen LogP) is 4.03. The molecule has 3 N–H and O–H groups in total. The van der Waals surface area contributed by atoms with Crippen LogP contribution in [0.5, 0.6) is 0 Å². The Balaban J connectivity index is 1.43. The number of ketones is 1. The molecule has 0 aromatic rings. The molecule has 0 spiro atoms. The summed E-state index contributed by atoms with van der Waals surface area (Å²) in [5, 5.41) is 32.7. The average molecular weight is 503 g/mol. The second kappa shape index (κ2) is 8.47. The molecule has 0 aromatic heterocycles. The zero-order valence-corrected chi connectivity index (χ0v) is 23.0. The van der Waals surface area contributed by atoms with Crippen LogP contribution in [0.2, 0.25) is 0 Å². The molecule has 1 saturated heterocycles. The van der Waals surface area contributed by atoms with Gasteiger partial charge in [-0.15, -0.1) is 0 Å². The molecule has 0 radical (unpaired) electrons. The number of hydrogen-bond donors (Lipinski definition) is 3. The summed E-state index contributed by atoms with van der Waals surface area (Å²) >= 11 is 0. The maximum atomic E-state index is 12.8. The third kappa shape index (κ3) is 3.65. The Morgan fingerprint density at radius 3 is 2.50 bits per heavy atom. The highest BCUT2D eigenvalue weighted by Gasteiger charge is 2.64. The van der Waals surface area contributed by atoms with Crippen LogP contribution in [0.1, 0.15) is 73.6 Å². The average Bonchev–Trinajstić information content (AvgIpc) is 3.37. The first kappa shape index (κ1) is 26.6. The van der Waals surface area contributed by atoms with E-state index in [-0.39, 0.29) is 40.3 Å². The summed E-state index contributed by atoms with van der Waals surface area (Å²) in [7, 11) is 1.66. The van der Waals surface area contributed by atoms with E-state index in [2.05, 4.69) is 39.8 Å². The SMILES string of the molecule is CO[C@H]1O[C@@H]([C@@H](O)C(C)(C)O)C[C@@H]1[C@@H]1CC=C2[C@@H]3[C@H](O)C[C@H]4C(C)(C)C(=O)C=C[C@]4(C)[C@H]3CC[C@]21C. The van der Waals surface area contributed by atoms with Crippen LogP contribution in [0.25, 0.3) is 0 Å². The van der Waals surface area contributed by atoms with Crippen molar-refractivity contribution >= 4 is 5.78 Å². The first-order valence-electron chi connectivity index (χ1n) is 13.9. The lowest BCUT2D eigenvalue weighted by Crippen LogP contribution is -2.59. The zero-order chi connectivity index (χ0) is 26.4. The molecule has 0 aromatic carbocycles. The van der Waals surface area contributed by atoms with E-state index in [1.807, 2.05) is 0 Å². The van der Waals surface area contributed by atoms with Gasteiger partial charge in [0.25, 0.3) is 0 Å². The van der Waals surface area contributed by atoms with Gasteiger partial charge >= 0.3 is 0 Å². The fourth-order valence-electron chi connectivity index (χ4n) is 9.28. The summed E-state index contributed by atoms with van der Waals surface area (Å²) in [5.74, 6) is 1.08. The number of carbonyl (C=O) groups is 1. The minimum absolute atomic E-state index is 0.0750. The molecule has 36 heavy (non-hydrogen) atoms. The molecule has 4 aliphatic carbocycles. The molecule has 6 heteroatoms. The lowest BCUT2D eigenvalue weighted by molar-refractivity contribution is -0.183. The maximum Gasteiger partial charge on any atom is 0.161 e. The number of hydrogen-bond acceptors (Lipinski definition) is 6. The van der Waals surface area contributed by atoms with Crippen LogP contribution in [0.4, 0.5) is 0 Å². The first-order valence-corrected chi connectivity index (χ1v) is 13.9. The molecule has 202 valence electrons. The predicted molar refractivity (Wildman–Crippen MR) is 137 cm³/mol. The number of aliphatic hydroxyl groups is 3. The summed E-state index contributed by atoms with van der Waals surface area (Å²) in [6, 6.07) is 0. The lowest BCUT2D eigenvalue weighted by atomic mass is 9.43. The number of allylic oxidation sites excluding steroid dienone is 3. The second-order valence-electron chi connectivity index (χ2n) is 14.0. The third-order valence-corrected chi connectivity index (χ3v) is 11.4. The van der Waals surface area contributed by atoms with Crippen molar-refractivity contribution in [3.8, 4) is 0 Å². The smallest absolute Gasteiger partial charge is 0.161 e. The summed E-state index contributed by atoms with van der Waals surface area (Å²) in [6.45, 7) is 12.0. The van der Waals surface area contributed by atoms with E-state index < -0.39 is 35.6 Å². The van der Waals surface area contributed by atoms with Crippen molar-refractivity contribution in [3.05, 3.63) is 23.8 Å². The molecule has 6 nitrogen and oxygen atoms in total. The highest BCUT2D eigenvalue weighted by atomic mass is 16.7. The molecule has 3 fully saturated rings. The van der Waals surface area contributed by atoms with Gasteiger partial charge in [-0.3, -0.25) is 4.79 Å². The first-order chi connectivity index (χ1) is 16.7. The highest BCUT2D eigenvalue weighted by Crippen LogP contribution is 2.68. The Hall–Kier alpha value is -1.05.